The van der Waals surface area contributed by atoms with Crippen LogP contribution in [0.5, 0.6) is 0 Å². The molecule has 0 radical (unpaired) electrons. The summed E-state index contributed by atoms with van der Waals surface area (Å²) in [4.78, 5) is 15.7. The topological polar surface area (TPSA) is 90.3 Å². The number of sulfonamides is 1. The second kappa shape index (κ2) is 8.09. The van der Waals surface area contributed by atoms with Crippen molar-refractivity contribution >= 4 is 16.0 Å². The lowest BCUT2D eigenvalue weighted by Gasteiger charge is -2.15. The highest BCUT2D eigenvalue weighted by Crippen LogP contribution is 2.18. The van der Waals surface area contributed by atoms with E-state index in [0.717, 1.165) is 22.5 Å². The molecule has 7 nitrogen and oxygen atoms in total. The van der Waals surface area contributed by atoms with E-state index in [2.05, 4.69) is 9.71 Å². The maximum atomic E-state index is 12.5. The first-order valence-corrected chi connectivity index (χ1v) is 9.28. The average molecular weight is 405 g/mol. The Balaban J connectivity index is 1.96. The smallest absolute Gasteiger partial charge is 0.406 e. The molecule has 1 atom stereocenters. The van der Waals surface area contributed by atoms with Crippen molar-refractivity contribution in [3.05, 3.63) is 48.0 Å². The Morgan fingerprint density at radius 3 is 2.52 bits per heavy atom. The van der Waals surface area contributed by atoms with Crippen LogP contribution in [0.25, 0.3) is 0 Å². The monoisotopic (exact) mass is 405 g/mol. The van der Waals surface area contributed by atoms with Crippen LogP contribution in [0, 0.1) is 6.92 Å². The normalized spacial score (nSPS) is 13.4. The Morgan fingerprint density at radius 2 is 1.93 bits per heavy atom. The second-order valence-electron chi connectivity index (χ2n) is 5.85. The number of alkyl halides is 3. The van der Waals surface area contributed by atoms with Crippen molar-refractivity contribution in [2.45, 2.75) is 44.1 Å². The van der Waals surface area contributed by atoms with Crippen LogP contribution < -0.4 is 4.72 Å². The van der Waals surface area contributed by atoms with Gasteiger partial charge in [0, 0.05) is 12.4 Å². The van der Waals surface area contributed by atoms with E-state index < -0.39 is 41.4 Å². The quantitative estimate of drug-likeness (QED) is 0.713. The van der Waals surface area contributed by atoms with Crippen LogP contribution >= 0.6 is 0 Å². The molecular formula is C16H18F3N3O4S. The molecule has 1 N–H and O–H groups in total. The summed E-state index contributed by atoms with van der Waals surface area (Å²) in [5.74, 6) is -1.04. The minimum Gasteiger partial charge on any atom is -0.456 e. The fourth-order valence-electron chi connectivity index (χ4n) is 2.14. The van der Waals surface area contributed by atoms with Gasteiger partial charge in [0.25, 0.3) is 0 Å². The molecular weight excluding hydrogens is 387 g/mol. The van der Waals surface area contributed by atoms with Crippen LogP contribution in [0.2, 0.25) is 0 Å². The van der Waals surface area contributed by atoms with Gasteiger partial charge in [0.2, 0.25) is 10.0 Å². The fourth-order valence-corrected chi connectivity index (χ4v) is 3.34. The first-order chi connectivity index (χ1) is 12.5. The van der Waals surface area contributed by atoms with Crippen LogP contribution in [-0.4, -0.2) is 36.2 Å². The van der Waals surface area contributed by atoms with E-state index in [1.807, 2.05) is 0 Å². The van der Waals surface area contributed by atoms with Gasteiger partial charge < -0.3 is 9.30 Å². The molecule has 11 heteroatoms. The fraction of sp³-hybridized carbons (Fsp3) is 0.375. The molecule has 0 saturated carbocycles. The van der Waals surface area contributed by atoms with E-state index in [9.17, 15) is 26.4 Å². The number of ether oxygens (including phenoxy) is 1. The van der Waals surface area contributed by atoms with Crippen LogP contribution in [-0.2, 0) is 32.7 Å². The van der Waals surface area contributed by atoms with Crippen LogP contribution in [0.4, 0.5) is 13.2 Å². The van der Waals surface area contributed by atoms with Crippen molar-refractivity contribution in [2.24, 2.45) is 0 Å². The highest BCUT2D eigenvalue weighted by Gasteiger charge is 2.29. The largest absolute Gasteiger partial charge is 0.456 e. The molecule has 148 valence electrons. The van der Waals surface area contributed by atoms with Gasteiger partial charge in [0.15, 0.2) is 0 Å². The van der Waals surface area contributed by atoms with Gasteiger partial charge in [-0.25, -0.2) is 13.4 Å². The molecule has 1 aromatic carbocycles. The Bertz CT molecular complexity index is 892. The number of esters is 1. The van der Waals surface area contributed by atoms with E-state index in [1.165, 1.54) is 19.1 Å². The van der Waals surface area contributed by atoms with Gasteiger partial charge in [-0.3, -0.25) is 4.79 Å². The van der Waals surface area contributed by atoms with Crippen molar-refractivity contribution < 1.29 is 31.1 Å². The minimum absolute atomic E-state index is 0.0199. The predicted octanol–water partition coefficient (Wildman–Crippen LogP) is 2.16. The lowest BCUT2D eigenvalue weighted by Crippen LogP contribution is -2.39. The number of carbonyl (C=O) groups is 1. The third-order valence-electron chi connectivity index (χ3n) is 3.51. The van der Waals surface area contributed by atoms with Gasteiger partial charge in [-0.05, 0) is 26.0 Å². The number of nitrogens with zero attached hydrogens (tertiary/aromatic N) is 2. The number of halogens is 3. The van der Waals surface area contributed by atoms with Gasteiger partial charge >= 0.3 is 12.1 Å². The molecule has 0 saturated heterocycles. The number of imidazole rings is 1. The van der Waals surface area contributed by atoms with E-state index in [1.54, 1.807) is 19.1 Å². The molecule has 2 aromatic rings. The first-order valence-electron chi connectivity index (χ1n) is 7.80. The molecule has 1 unspecified atom stereocenters. The molecule has 0 amide bonds. The molecule has 1 aromatic heterocycles. The minimum atomic E-state index is -4.45. The first kappa shape index (κ1) is 20.9. The number of nitrogens with one attached hydrogen (secondary N) is 1. The molecule has 0 fully saturated rings. The summed E-state index contributed by atoms with van der Waals surface area (Å²) in [5.41, 5.74) is 0.871. The molecule has 2 rings (SSSR count). The summed E-state index contributed by atoms with van der Waals surface area (Å²) in [6.45, 7) is 1.29. The summed E-state index contributed by atoms with van der Waals surface area (Å²) in [6, 6.07) is 4.77. The third kappa shape index (κ3) is 6.07. The van der Waals surface area contributed by atoms with E-state index in [4.69, 9.17) is 4.74 Å². The maximum Gasteiger partial charge on any atom is 0.406 e. The number of hydrogen-bond donors (Lipinski definition) is 1. The van der Waals surface area contributed by atoms with Gasteiger partial charge in [0.1, 0.15) is 25.0 Å². The van der Waals surface area contributed by atoms with Gasteiger partial charge in [-0.2, -0.15) is 17.9 Å². The van der Waals surface area contributed by atoms with Crippen LogP contribution in [0.15, 0.2) is 41.6 Å². The lowest BCUT2D eigenvalue weighted by atomic mass is 10.2. The Hall–Kier alpha value is -2.40. The van der Waals surface area contributed by atoms with Gasteiger partial charge in [0.05, 0.1) is 4.90 Å². The van der Waals surface area contributed by atoms with Crippen molar-refractivity contribution in [3.8, 4) is 0 Å². The van der Waals surface area contributed by atoms with E-state index >= 15 is 0 Å². The number of benzene rings is 1. The van der Waals surface area contributed by atoms with Crippen molar-refractivity contribution in [1.82, 2.24) is 14.3 Å². The zero-order valence-electron chi connectivity index (χ0n) is 14.5. The molecule has 1 heterocycles. The van der Waals surface area contributed by atoms with Gasteiger partial charge in [-0.1, -0.05) is 17.7 Å². The summed E-state index contributed by atoms with van der Waals surface area (Å²) in [6.07, 6.45) is -2.19. The molecule has 0 spiro atoms. The Morgan fingerprint density at radius 1 is 1.30 bits per heavy atom. The number of aryl methyl sites for hydroxylation is 1. The van der Waals surface area contributed by atoms with Crippen LogP contribution in [0.3, 0.4) is 0 Å². The molecule has 0 aliphatic heterocycles. The van der Waals surface area contributed by atoms with E-state index in [0.29, 0.717) is 0 Å². The van der Waals surface area contributed by atoms with Crippen molar-refractivity contribution in [3.63, 3.8) is 0 Å². The lowest BCUT2D eigenvalue weighted by molar-refractivity contribution is -0.147. The zero-order chi connectivity index (χ0) is 20.2. The molecule has 27 heavy (non-hydrogen) atoms. The molecule has 0 aliphatic rings. The van der Waals surface area contributed by atoms with Crippen LogP contribution in [0.1, 0.15) is 18.3 Å². The number of aromatic nitrogens is 2. The maximum absolute atomic E-state index is 12.5. The summed E-state index contributed by atoms with van der Waals surface area (Å²) < 4.78 is 69.7. The highest BCUT2D eigenvalue weighted by atomic mass is 32.2. The Kier molecular flexibility index (Phi) is 6.26. The third-order valence-corrected chi connectivity index (χ3v) is 5.07. The molecule has 0 bridgehead atoms. The summed E-state index contributed by atoms with van der Waals surface area (Å²) in [7, 11) is -3.95. The SMILES string of the molecule is Cc1ccc(S(=O)(=O)NC(C)C(=O)OCc2nccn2CC(F)(F)F)cc1. The zero-order valence-corrected chi connectivity index (χ0v) is 15.3. The number of rotatable bonds is 7. The van der Waals surface area contributed by atoms with Gasteiger partial charge in [-0.15, -0.1) is 0 Å². The van der Waals surface area contributed by atoms with E-state index in [-0.39, 0.29) is 10.7 Å². The predicted molar refractivity (Wildman–Crippen MR) is 89.0 cm³/mol. The van der Waals surface area contributed by atoms with Crippen molar-refractivity contribution in [1.29, 1.82) is 0 Å². The highest BCUT2D eigenvalue weighted by molar-refractivity contribution is 7.89. The second-order valence-corrected chi connectivity index (χ2v) is 7.56. The molecule has 0 aliphatic carbocycles. The number of carbonyl (C=O) groups excluding carboxylic acids is 1. The van der Waals surface area contributed by atoms with Crippen molar-refractivity contribution in [2.75, 3.05) is 0 Å². The number of hydrogen-bond acceptors (Lipinski definition) is 5. The Labute approximate surface area is 154 Å². The summed E-state index contributed by atoms with van der Waals surface area (Å²) >= 11 is 0. The summed E-state index contributed by atoms with van der Waals surface area (Å²) in [5, 5.41) is 0. The standard InChI is InChI=1S/C16H18F3N3O4S/c1-11-3-5-13(6-4-11)27(24,25)21-12(2)15(23)26-9-14-20-7-8-22(14)10-16(17,18)19/h3-8,12,21H,9-10H2,1-2H3. The average Bonchev–Trinajstić information content (AvgIpc) is 2.97.